The molecule has 3 rings (SSSR count). The van der Waals surface area contributed by atoms with Crippen molar-refractivity contribution < 1.29 is 4.39 Å². The molecule has 116 valence electrons. The molecule has 1 aromatic carbocycles. The van der Waals surface area contributed by atoms with Crippen LogP contribution in [0.1, 0.15) is 36.4 Å². The number of likely N-dealkylation sites (tertiary alicyclic amines) is 1. The molecule has 2 N–H and O–H groups in total. The summed E-state index contributed by atoms with van der Waals surface area (Å²) in [6, 6.07) is 7.04. The maximum Gasteiger partial charge on any atom is 0.126 e. The van der Waals surface area contributed by atoms with Gasteiger partial charge in [0.1, 0.15) is 5.82 Å². The lowest BCUT2D eigenvalue weighted by Gasteiger charge is -2.33. The quantitative estimate of drug-likeness (QED) is 0.927. The zero-order valence-corrected chi connectivity index (χ0v) is 13.1. The monoisotopic (exact) mass is 291 g/mol. The molecule has 4 heteroatoms. The van der Waals surface area contributed by atoms with Gasteiger partial charge < -0.3 is 5.73 Å². The van der Waals surface area contributed by atoms with E-state index >= 15 is 0 Å². The van der Waals surface area contributed by atoms with E-state index in [1.54, 1.807) is 13.0 Å². The van der Waals surface area contributed by atoms with Gasteiger partial charge in [-0.1, -0.05) is 12.1 Å². The zero-order valence-electron chi connectivity index (χ0n) is 13.1. The summed E-state index contributed by atoms with van der Waals surface area (Å²) in [4.78, 5) is 4.99. The van der Waals surface area contributed by atoms with Crippen molar-refractivity contribution in [3.8, 4) is 0 Å². The normalized spacial score (nSPS) is 28.6. The van der Waals surface area contributed by atoms with Gasteiger partial charge in [-0.05, 0) is 50.4 Å². The highest BCUT2D eigenvalue weighted by atomic mass is 19.1. The van der Waals surface area contributed by atoms with E-state index in [9.17, 15) is 4.39 Å². The molecule has 0 aromatic heterocycles. The predicted octanol–water partition coefficient (Wildman–Crippen LogP) is 2.30. The third-order valence-corrected chi connectivity index (χ3v) is 5.42. The number of halogens is 1. The number of rotatable bonds is 3. The molecule has 0 amide bonds. The predicted molar refractivity (Wildman–Crippen MR) is 83.7 cm³/mol. The Balaban J connectivity index is 1.81. The van der Waals surface area contributed by atoms with Gasteiger partial charge in [-0.25, -0.2) is 4.39 Å². The number of nitrogens with zero attached hydrogens (tertiary/aromatic N) is 2. The first-order valence-electron chi connectivity index (χ1n) is 8.02. The molecule has 2 bridgehead atoms. The van der Waals surface area contributed by atoms with E-state index in [1.165, 1.54) is 19.3 Å². The first-order valence-corrected chi connectivity index (χ1v) is 8.02. The van der Waals surface area contributed by atoms with Crippen LogP contribution >= 0.6 is 0 Å². The SMILES string of the molecule is Cc1ccc(C(CN)N2CCC3CCC(C2)N3C)cc1F. The van der Waals surface area contributed by atoms with Gasteiger partial charge >= 0.3 is 0 Å². The lowest BCUT2D eigenvalue weighted by Crippen LogP contribution is -2.40. The second kappa shape index (κ2) is 6.03. The molecule has 2 aliphatic heterocycles. The Morgan fingerprint density at radius 2 is 2.05 bits per heavy atom. The number of hydrogen-bond donors (Lipinski definition) is 1. The van der Waals surface area contributed by atoms with Gasteiger partial charge in [0.15, 0.2) is 0 Å². The molecule has 1 aromatic rings. The number of hydrogen-bond acceptors (Lipinski definition) is 3. The van der Waals surface area contributed by atoms with E-state index in [-0.39, 0.29) is 11.9 Å². The fourth-order valence-corrected chi connectivity index (χ4v) is 3.93. The van der Waals surface area contributed by atoms with E-state index < -0.39 is 0 Å². The summed E-state index contributed by atoms with van der Waals surface area (Å²) in [5.74, 6) is -0.126. The second-order valence-corrected chi connectivity index (χ2v) is 6.59. The summed E-state index contributed by atoms with van der Waals surface area (Å²) in [5.41, 5.74) is 7.74. The maximum atomic E-state index is 13.9. The van der Waals surface area contributed by atoms with Gasteiger partial charge in [-0.15, -0.1) is 0 Å². The fraction of sp³-hybridized carbons (Fsp3) is 0.647. The second-order valence-electron chi connectivity index (χ2n) is 6.59. The smallest absolute Gasteiger partial charge is 0.126 e. The molecule has 3 nitrogen and oxygen atoms in total. The summed E-state index contributed by atoms with van der Waals surface area (Å²) >= 11 is 0. The molecule has 0 saturated carbocycles. The van der Waals surface area contributed by atoms with Crippen LogP contribution in [-0.2, 0) is 0 Å². The Kier molecular flexibility index (Phi) is 4.29. The summed E-state index contributed by atoms with van der Waals surface area (Å²) < 4.78 is 13.9. The summed E-state index contributed by atoms with van der Waals surface area (Å²) in [7, 11) is 2.24. The Morgan fingerprint density at radius 3 is 2.76 bits per heavy atom. The highest BCUT2D eigenvalue weighted by molar-refractivity contribution is 5.26. The average molecular weight is 291 g/mol. The minimum atomic E-state index is -0.126. The third kappa shape index (κ3) is 2.85. The number of fused-ring (bicyclic) bond motifs is 2. The van der Waals surface area contributed by atoms with Crippen molar-refractivity contribution in [3.05, 3.63) is 35.1 Å². The van der Waals surface area contributed by atoms with Gasteiger partial charge in [0, 0.05) is 37.8 Å². The highest BCUT2D eigenvalue weighted by Gasteiger charge is 2.36. The summed E-state index contributed by atoms with van der Waals surface area (Å²) in [5, 5.41) is 0. The van der Waals surface area contributed by atoms with Crippen LogP contribution in [0.5, 0.6) is 0 Å². The Bertz CT molecular complexity index is 505. The van der Waals surface area contributed by atoms with E-state index in [0.717, 1.165) is 18.7 Å². The van der Waals surface area contributed by atoms with Crippen LogP contribution in [0.15, 0.2) is 18.2 Å². The number of likely N-dealkylation sites (N-methyl/N-ethyl adjacent to an activating group) is 1. The van der Waals surface area contributed by atoms with Gasteiger partial charge in [0.2, 0.25) is 0 Å². The van der Waals surface area contributed by atoms with Gasteiger partial charge in [0.05, 0.1) is 0 Å². The van der Waals surface area contributed by atoms with Crippen LogP contribution < -0.4 is 5.73 Å². The van der Waals surface area contributed by atoms with Crippen molar-refractivity contribution in [2.75, 3.05) is 26.7 Å². The molecule has 2 saturated heterocycles. The Hall–Kier alpha value is -0.970. The molecule has 2 heterocycles. The maximum absolute atomic E-state index is 13.9. The van der Waals surface area contributed by atoms with Crippen molar-refractivity contribution in [2.45, 2.75) is 44.3 Å². The zero-order chi connectivity index (χ0) is 15.0. The first-order chi connectivity index (χ1) is 10.1. The molecule has 3 atom stereocenters. The largest absolute Gasteiger partial charge is 0.329 e. The fourth-order valence-electron chi connectivity index (χ4n) is 3.93. The van der Waals surface area contributed by atoms with E-state index in [4.69, 9.17) is 5.73 Å². The van der Waals surface area contributed by atoms with Crippen molar-refractivity contribution in [3.63, 3.8) is 0 Å². The molecule has 2 aliphatic rings. The molecule has 0 spiro atoms. The molecule has 0 radical (unpaired) electrons. The molecule has 0 aliphatic carbocycles. The number of benzene rings is 1. The summed E-state index contributed by atoms with van der Waals surface area (Å²) in [6.07, 6.45) is 3.79. The van der Waals surface area contributed by atoms with Gasteiger partial charge in [0.25, 0.3) is 0 Å². The molecular formula is C17H26FN3. The average Bonchev–Trinajstić information content (AvgIpc) is 2.70. The van der Waals surface area contributed by atoms with Gasteiger partial charge in [-0.3, -0.25) is 9.80 Å². The number of nitrogens with two attached hydrogens (primary N) is 1. The van der Waals surface area contributed by atoms with Crippen molar-refractivity contribution in [1.82, 2.24) is 9.80 Å². The molecular weight excluding hydrogens is 265 g/mol. The van der Waals surface area contributed by atoms with Gasteiger partial charge in [-0.2, -0.15) is 0 Å². The van der Waals surface area contributed by atoms with Crippen LogP contribution in [0.3, 0.4) is 0 Å². The minimum Gasteiger partial charge on any atom is -0.329 e. The van der Waals surface area contributed by atoms with Crippen molar-refractivity contribution >= 4 is 0 Å². The van der Waals surface area contributed by atoms with E-state index in [0.29, 0.717) is 24.2 Å². The topological polar surface area (TPSA) is 32.5 Å². The van der Waals surface area contributed by atoms with Crippen LogP contribution in [-0.4, -0.2) is 48.6 Å². The molecule has 2 fully saturated rings. The molecule has 3 unspecified atom stereocenters. The van der Waals surface area contributed by atoms with Crippen molar-refractivity contribution in [1.29, 1.82) is 0 Å². The van der Waals surface area contributed by atoms with E-state index in [1.807, 2.05) is 12.1 Å². The minimum absolute atomic E-state index is 0.126. The van der Waals surface area contributed by atoms with Crippen LogP contribution in [0.25, 0.3) is 0 Å². The third-order valence-electron chi connectivity index (χ3n) is 5.42. The number of aryl methyl sites for hydroxylation is 1. The Morgan fingerprint density at radius 1 is 1.29 bits per heavy atom. The molecule has 21 heavy (non-hydrogen) atoms. The lowest BCUT2D eigenvalue weighted by molar-refractivity contribution is 0.175. The standard InChI is InChI=1S/C17H26FN3/c1-12-3-4-13(9-16(12)18)17(10-19)21-8-7-14-5-6-15(11-21)20(14)2/h3-4,9,14-15,17H,5-8,10-11,19H2,1-2H3. The highest BCUT2D eigenvalue weighted by Crippen LogP contribution is 2.32. The Labute approximate surface area is 126 Å². The lowest BCUT2D eigenvalue weighted by atomic mass is 10.0. The summed E-state index contributed by atoms with van der Waals surface area (Å²) in [6.45, 7) is 4.45. The van der Waals surface area contributed by atoms with Crippen LogP contribution in [0.4, 0.5) is 4.39 Å². The van der Waals surface area contributed by atoms with E-state index in [2.05, 4.69) is 16.8 Å². The van der Waals surface area contributed by atoms with Crippen LogP contribution in [0, 0.1) is 12.7 Å². The van der Waals surface area contributed by atoms with Crippen LogP contribution in [0.2, 0.25) is 0 Å². The van der Waals surface area contributed by atoms with Crippen molar-refractivity contribution in [2.24, 2.45) is 5.73 Å². The first kappa shape index (κ1) is 14.9.